The van der Waals surface area contributed by atoms with Crippen LogP contribution in [-0.2, 0) is 11.3 Å². The molecule has 0 fully saturated rings. The van der Waals surface area contributed by atoms with Gasteiger partial charge in [0, 0.05) is 13.0 Å². The molecular weight excluding hydrogens is 262 g/mol. The number of benzene rings is 1. The van der Waals surface area contributed by atoms with Crippen molar-refractivity contribution < 1.29 is 9.53 Å². The van der Waals surface area contributed by atoms with Crippen molar-refractivity contribution in [1.29, 1.82) is 0 Å². The van der Waals surface area contributed by atoms with Crippen LogP contribution in [0.25, 0.3) is 0 Å². The lowest BCUT2D eigenvalue weighted by molar-refractivity contribution is -0.121. The maximum atomic E-state index is 11.8. The molecule has 21 heavy (non-hydrogen) atoms. The predicted octanol–water partition coefficient (Wildman–Crippen LogP) is 4.23. The molecule has 0 atom stereocenters. The van der Waals surface area contributed by atoms with Crippen LogP contribution in [0.5, 0.6) is 5.75 Å². The number of hydrogen-bond acceptors (Lipinski definition) is 2. The number of hydrogen-bond donors (Lipinski definition) is 1. The Labute approximate surface area is 129 Å². The number of aryl methyl sites for hydroxylation is 1. The summed E-state index contributed by atoms with van der Waals surface area (Å²) in [6, 6.07) is 6.00. The van der Waals surface area contributed by atoms with Gasteiger partial charge in [0.05, 0.1) is 7.11 Å². The van der Waals surface area contributed by atoms with Crippen LogP contribution in [0.3, 0.4) is 0 Å². The molecule has 3 nitrogen and oxygen atoms in total. The molecule has 1 aromatic rings. The summed E-state index contributed by atoms with van der Waals surface area (Å²) in [6.07, 6.45) is 5.25. The van der Waals surface area contributed by atoms with E-state index in [1.54, 1.807) is 7.11 Å². The zero-order chi connectivity index (χ0) is 15.7. The maximum absolute atomic E-state index is 11.8. The minimum atomic E-state index is 0.146. The third-order valence-electron chi connectivity index (χ3n) is 3.63. The molecule has 1 N–H and O–H groups in total. The normalized spacial score (nSPS) is 10.7. The number of amides is 1. The van der Waals surface area contributed by atoms with E-state index in [1.165, 1.54) is 12.8 Å². The molecule has 0 saturated heterocycles. The molecular formula is C18H29NO2. The monoisotopic (exact) mass is 291 g/mol. The van der Waals surface area contributed by atoms with Crippen LogP contribution >= 0.6 is 0 Å². The van der Waals surface area contributed by atoms with Gasteiger partial charge in [-0.15, -0.1) is 0 Å². The van der Waals surface area contributed by atoms with Crippen LogP contribution < -0.4 is 10.1 Å². The number of carbonyl (C=O) groups is 1. The first kappa shape index (κ1) is 17.5. The minimum Gasteiger partial charge on any atom is -0.496 e. The summed E-state index contributed by atoms with van der Waals surface area (Å²) in [5.74, 6) is 1.79. The molecule has 0 bridgehead atoms. The van der Waals surface area contributed by atoms with Crippen LogP contribution in [0.4, 0.5) is 0 Å². The van der Waals surface area contributed by atoms with E-state index in [0.717, 1.165) is 35.6 Å². The number of ether oxygens (including phenoxy) is 1. The second kappa shape index (κ2) is 9.43. The summed E-state index contributed by atoms with van der Waals surface area (Å²) in [5.41, 5.74) is 2.21. The van der Waals surface area contributed by atoms with Gasteiger partial charge in [-0.3, -0.25) is 4.79 Å². The molecule has 0 aromatic heterocycles. The Kier molecular flexibility index (Phi) is 7.88. The van der Waals surface area contributed by atoms with Crippen molar-refractivity contribution >= 4 is 5.91 Å². The lowest BCUT2D eigenvalue weighted by Gasteiger charge is -2.09. The first-order valence-corrected chi connectivity index (χ1v) is 7.93. The molecule has 0 aliphatic carbocycles. The molecule has 0 unspecified atom stereocenters. The van der Waals surface area contributed by atoms with Crippen molar-refractivity contribution in [2.24, 2.45) is 5.92 Å². The molecule has 0 radical (unpaired) electrons. The molecule has 3 heteroatoms. The van der Waals surface area contributed by atoms with E-state index >= 15 is 0 Å². The van der Waals surface area contributed by atoms with Crippen LogP contribution in [0.1, 0.15) is 57.1 Å². The van der Waals surface area contributed by atoms with Crippen molar-refractivity contribution in [3.05, 3.63) is 29.3 Å². The fourth-order valence-corrected chi connectivity index (χ4v) is 2.35. The predicted molar refractivity (Wildman–Crippen MR) is 87.5 cm³/mol. The number of nitrogens with one attached hydrogen (secondary N) is 1. The number of unbranched alkanes of at least 4 members (excludes halogenated alkanes) is 2. The van der Waals surface area contributed by atoms with Crippen LogP contribution in [-0.4, -0.2) is 13.0 Å². The van der Waals surface area contributed by atoms with Gasteiger partial charge in [-0.1, -0.05) is 45.2 Å². The average molecular weight is 291 g/mol. The summed E-state index contributed by atoms with van der Waals surface area (Å²) < 4.78 is 5.23. The Hall–Kier alpha value is -1.51. The molecule has 118 valence electrons. The molecule has 0 heterocycles. The molecule has 1 aromatic carbocycles. The standard InChI is InChI=1S/C18H29NO2/c1-14(2)8-6-5-7-9-18(20)19-13-16-10-11-17(21-4)15(3)12-16/h10-12,14H,5-9,13H2,1-4H3,(H,19,20). The van der Waals surface area contributed by atoms with E-state index in [-0.39, 0.29) is 5.91 Å². The summed E-state index contributed by atoms with van der Waals surface area (Å²) in [6.45, 7) is 7.08. The van der Waals surface area contributed by atoms with E-state index in [9.17, 15) is 4.79 Å². The Balaban J connectivity index is 2.22. The third kappa shape index (κ3) is 7.16. The molecule has 0 aliphatic rings. The first-order chi connectivity index (χ1) is 10.0. The fraction of sp³-hybridized carbons (Fsp3) is 0.611. The molecule has 1 amide bonds. The van der Waals surface area contributed by atoms with Crippen LogP contribution in [0, 0.1) is 12.8 Å². The van der Waals surface area contributed by atoms with E-state index < -0.39 is 0 Å². The zero-order valence-corrected chi connectivity index (χ0v) is 13.9. The Morgan fingerprint density at radius 2 is 2.00 bits per heavy atom. The first-order valence-electron chi connectivity index (χ1n) is 7.93. The highest BCUT2D eigenvalue weighted by atomic mass is 16.5. The maximum Gasteiger partial charge on any atom is 0.220 e. The quantitative estimate of drug-likeness (QED) is 0.692. The molecule has 0 spiro atoms. The lowest BCUT2D eigenvalue weighted by atomic mass is 10.0. The van der Waals surface area contributed by atoms with E-state index in [0.29, 0.717) is 13.0 Å². The van der Waals surface area contributed by atoms with Gasteiger partial charge in [0.25, 0.3) is 0 Å². The summed E-state index contributed by atoms with van der Waals surface area (Å²) >= 11 is 0. The van der Waals surface area contributed by atoms with E-state index in [4.69, 9.17) is 4.74 Å². The SMILES string of the molecule is COc1ccc(CNC(=O)CCCCCC(C)C)cc1C. The Bertz CT molecular complexity index is 441. The third-order valence-corrected chi connectivity index (χ3v) is 3.63. The second-order valence-electron chi connectivity index (χ2n) is 6.07. The second-order valence-corrected chi connectivity index (χ2v) is 6.07. The smallest absolute Gasteiger partial charge is 0.220 e. The van der Waals surface area contributed by atoms with Crippen LogP contribution in [0.15, 0.2) is 18.2 Å². The Morgan fingerprint density at radius 3 is 2.62 bits per heavy atom. The Morgan fingerprint density at radius 1 is 1.24 bits per heavy atom. The average Bonchev–Trinajstić information content (AvgIpc) is 2.44. The van der Waals surface area contributed by atoms with Crippen molar-refractivity contribution in [2.45, 2.75) is 59.4 Å². The van der Waals surface area contributed by atoms with Gasteiger partial charge < -0.3 is 10.1 Å². The largest absolute Gasteiger partial charge is 0.496 e. The zero-order valence-electron chi connectivity index (χ0n) is 13.9. The highest BCUT2D eigenvalue weighted by Crippen LogP contribution is 2.18. The highest BCUT2D eigenvalue weighted by Gasteiger charge is 2.04. The van der Waals surface area contributed by atoms with Crippen molar-refractivity contribution in [1.82, 2.24) is 5.32 Å². The summed E-state index contributed by atoms with van der Waals surface area (Å²) in [5, 5.41) is 2.98. The van der Waals surface area contributed by atoms with Gasteiger partial charge in [-0.25, -0.2) is 0 Å². The highest BCUT2D eigenvalue weighted by molar-refractivity contribution is 5.75. The van der Waals surface area contributed by atoms with E-state index in [1.807, 2.05) is 19.1 Å². The van der Waals surface area contributed by atoms with Gasteiger partial charge in [0.1, 0.15) is 5.75 Å². The topological polar surface area (TPSA) is 38.3 Å². The van der Waals surface area contributed by atoms with Gasteiger partial charge in [-0.05, 0) is 36.5 Å². The van der Waals surface area contributed by atoms with Gasteiger partial charge in [0.15, 0.2) is 0 Å². The number of methoxy groups -OCH3 is 1. The van der Waals surface area contributed by atoms with Gasteiger partial charge in [0.2, 0.25) is 5.91 Å². The molecule has 0 saturated carbocycles. The van der Waals surface area contributed by atoms with E-state index in [2.05, 4.69) is 25.2 Å². The van der Waals surface area contributed by atoms with Crippen molar-refractivity contribution in [2.75, 3.05) is 7.11 Å². The summed E-state index contributed by atoms with van der Waals surface area (Å²) in [4.78, 5) is 11.8. The van der Waals surface area contributed by atoms with Crippen molar-refractivity contribution in [3.63, 3.8) is 0 Å². The molecule has 1 rings (SSSR count). The minimum absolute atomic E-state index is 0.146. The van der Waals surface area contributed by atoms with Crippen molar-refractivity contribution in [3.8, 4) is 5.75 Å². The summed E-state index contributed by atoms with van der Waals surface area (Å²) in [7, 11) is 1.67. The number of carbonyl (C=O) groups excluding carboxylic acids is 1. The fourth-order valence-electron chi connectivity index (χ4n) is 2.35. The van der Waals surface area contributed by atoms with Gasteiger partial charge in [-0.2, -0.15) is 0 Å². The van der Waals surface area contributed by atoms with Crippen LogP contribution in [0.2, 0.25) is 0 Å². The lowest BCUT2D eigenvalue weighted by Crippen LogP contribution is -2.22. The number of rotatable bonds is 9. The van der Waals surface area contributed by atoms with Gasteiger partial charge >= 0.3 is 0 Å². The molecule has 0 aliphatic heterocycles.